The maximum atomic E-state index is 4.11. The predicted molar refractivity (Wildman–Crippen MR) is 78.3 cm³/mol. The van der Waals surface area contributed by atoms with Gasteiger partial charge in [0, 0.05) is 25.1 Å². The standard InChI is InChI=1S/C15H23N5/c1(2-15-10-17-18-11-15)6-19-7-3-14(4-8-19)12-20-9-5-16-13-20/h5,9-11,13-14H,1-4,6-8,12H2,(H,17,18). The molecule has 0 atom stereocenters. The van der Waals surface area contributed by atoms with Gasteiger partial charge in [0.05, 0.1) is 12.5 Å². The molecule has 3 heterocycles. The van der Waals surface area contributed by atoms with Crippen LogP contribution >= 0.6 is 0 Å². The third kappa shape index (κ3) is 3.70. The van der Waals surface area contributed by atoms with Crippen LogP contribution in [0, 0.1) is 5.92 Å². The first-order valence-corrected chi connectivity index (χ1v) is 7.56. The molecule has 1 saturated heterocycles. The van der Waals surface area contributed by atoms with Gasteiger partial charge in [0.2, 0.25) is 0 Å². The molecular formula is C15H23N5. The Kier molecular flexibility index (Phi) is 4.48. The van der Waals surface area contributed by atoms with Crippen molar-refractivity contribution in [2.45, 2.75) is 32.2 Å². The Balaban J connectivity index is 1.34. The van der Waals surface area contributed by atoms with Crippen LogP contribution in [0.5, 0.6) is 0 Å². The predicted octanol–water partition coefficient (Wildman–Crippen LogP) is 1.95. The zero-order chi connectivity index (χ0) is 13.6. The van der Waals surface area contributed by atoms with Crippen LogP contribution < -0.4 is 0 Å². The van der Waals surface area contributed by atoms with E-state index in [0.29, 0.717) is 0 Å². The molecule has 1 fully saturated rings. The number of likely N-dealkylation sites (tertiary alicyclic amines) is 1. The second-order valence-electron chi connectivity index (χ2n) is 5.75. The van der Waals surface area contributed by atoms with Gasteiger partial charge in [-0.2, -0.15) is 5.10 Å². The van der Waals surface area contributed by atoms with Gasteiger partial charge in [0.15, 0.2) is 0 Å². The van der Waals surface area contributed by atoms with Crippen LogP contribution in [0.15, 0.2) is 31.1 Å². The Labute approximate surface area is 120 Å². The van der Waals surface area contributed by atoms with E-state index in [1.54, 1.807) is 0 Å². The average molecular weight is 273 g/mol. The summed E-state index contributed by atoms with van der Waals surface area (Å²) in [5.41, 5.74) is 1.32. The molecule has 20 heavy (non-hydrogen) atoms. The molecule has 0 aromatic carbocycles. The normalized spacial score (nSPS) is 17.6. The number of hydrogen-bond acceptors (Lipinski definition) is 3. The Morgan fingerprint density at radius 2 is 2.20 bits per heavy atom. The van der Waals surface area contributed by atoms with E-state index in [1.165, 1.54) is 44.5 Å². The molecule has 3 rings (SSSR count). The van der Waals surface area contributed by atoms with Crippen molar-refractivity contribution in [2.24, 2.45) is 5.92 Å². The van der Waals surface area contributed by atoms with Gasteiger partial charge in [-0.1, -0.05) is 0 Å². The molecule has 1 aliphatic rings. The highest BCUT2D eigenvalue weighted by Gasteiger charge is 2.18. The first-order valence-electron chi connectivity index (χ1n) is 7.56. The molecule has 0 saturated carbocycles. The van der Waals surface area contributed by atoms with Crippen LogP contribution in [0.25, 0.3) is 0 Å². The van der Waals surface area contributed by atoms with Gasteiger partial charge >= 0.3 is 0 Å². The zero-order valence-electron chi connectivity index (χ0n) is 11.9. The van der Waals surface area contributed by atoms with E-state index < -0.39 is 0 Å². The zero-order valence-corrected chi connectivity index (χ0v) is 11.9. The fourth-order valence-electron chi connectivity index (χ4n) is 3.01. The number of aromatic nitrogens is 4. The molecule has 1 aliphatic heterocycles. The molecule has 2 aromatic heterocycles. The summed E-state index contributed by atoms with van der Waals surface area (Å²) in [7, 11) is 0. The Morgan fingerprint density at radius 1 is 1.30 bits per heavy atom. The fraction of sp³-hybridized carbons (Fsp3) is 0.600. The molecule has 108 valence electrons. The van der Waals surface area contributed by atoms with Crippen LogP contribution in [-0.2, 0) is 13.0 Å². The van der Waals surface area contributed by atoms with Crippen molar-refractivity contribution in [1.82, 2.24) is 24.6 Å². The largest absolute Gasteiger partial charge is 0.337 e. The molecule has 0 aliphatic carbocycles. The third-order valence-electron chi connectivity index (χ3n) is 4.23. The number of rotatable bonds is 6. The highest BCUT2D eigenvalue weighted by atomic mass is 15.1. The molecule has 1 N–H and O–H groups in total. The molecule has 0 bridgehead atoms. The van der Waals surface area contributed by atoms with E-state index in [2.05, 4.69) is 30.8 Å². The number of hydrogen-bond donors (Lipinski definition) is 1. The van der Waals surface area contributed by atoms with Crippen molar-refractivity contribution < 1.29 is 0 Å². The van der Waals surface area contributed by atoms with Crippen LogP contribution in [0.3, 0.4) is 0 Å². The smallest absolute Gasteiger partial charge is 0.0945 e. The lowest BCUT2D eigenvalue weighted by molar-refractivity contribution is 0.172. The van der Waals surface area contributed by atoms with Gasteiger partial charge in [-0.3, -0.25) is 5.10 Å². The lowest BCUT2D eigenvalue weighted by Crippen LogP contribution is -2.35. The minimum Gasteiger partial charge on any atom is -0.337 e. The van der Waals surface area contributed by atoms with E-state index in [9.17, 15) is 0 Å². The van der Waals surface area contributed by atoms with Gasteiger partial charge in [0.25, 0.3) is 0 Å². The van der Waals surface area contributed by atoms with E-state index in [4.69, 9.17) is 0 Å². The monoisotopic (exact) mass is 273 g/mol. The summed E-state index contributed by atoms with van der Waals surface area (Å²) in [4.78, 5) is 6.71. The van der Waals surface area contributed by atoms with Crippen molar-refractivity contribution >= 4 is 0 Å². The second-order valence-corrected chi connectivity index (χ2v) is 5.75. The number of aryl methyl sites for hydroxylation is 1. The lowest BCUT2D eigenvalue weighted by atomic mass is 9.96. The number of nitrogens with zero attached hydrogens (tertiary/aromatic N) is 4. The highest BCUT2D eigenvalue weighted by molar-refractivity contribution is 5.02. The minimum absolute atomic E-state index is 0.814. The highest BCUT2D eigenvalue weighted by Crippen LogP contribution is 2.19. The van der Waals surface area contributed by atoms with Crippen LogP contribution in [0.2, 0.25) is 0 Å². The second kappa shape index (κ2) is 6.70. The van der Waals surface area contributed by atoms with Gasteiger partial charge in [-0.05, 0) is 56.8 Å². The van der Waals surface area contributed by atoms with Gasteiger partial charge < -0.3 is 9.47 Å². The molecule has 0 radical (unpaired) electrons. The summed E-state index contributed by atoms with van der Waals surface area (Å²) in [5.74, 6) is 0.814. The molecule has 0 unspecified atom stereocenters. The molecule has 0 amide bonds. The SMILES string of the molecule is c1cn(CC2CCN(CCCc3cn[nH]c3)CC2)cn1. The Bertz CT molecular complexity index is 468. The maximum absolute atomic E-state index is 4.11. The van der Waals surface area contributed by atoms with Crippen LogP contribution in [0.4, 0.5) is 0 Å². The fourth-order valence-corrected chi connectivity index (χ4v) is 3.01. The summed E-state index contributed by atoms with van der Waals surface area (Å²) in [6.45, 7) is 4.82. The number of H-pyrrole nitrogens is 1. The summed E-state index contributed by atoms with van der Waals surface area (Å²) in [5, 5.41) is 6.86. The van der Waals surface area contributed by atoms with Crippen molar-refractivity contribution in [3.05, 3.63) is 36.7 Å². The molecule has 0 spiro atoms. The molecule has 5 nitrogen and oxygen atoms in total. The molecule has 2 aromatic rings. The number of piperidine rings is 1. The van der Waals surface area contributed by atoms with Crippen molar-refractivity contribution in [1.29, 1.82) is 0 Å². The first-order chi connectivity index (χ1) is 9.90. The van der Waals surface area contributed by atoms with E-state index in [0.717, 1.165) is 18.9 Å². The number of aromatic amines is 1. The lowest BCUT2D eigenvalue weighted by Gasteiger charge is -2.32. The average Bonchev–Trinajstić information content (AvgIpc) is 3.14. The van der Waals surface area contributed by atoms with E-state index >= 15 is 0 Å². The van der Waals surface area contributed by atoms with Crippen LogP contribution in [-0.4, -0.2) is 44.3 Å². The number of nitrogens with one attached hydrogen (secondary N) is 1. The summed E-state index contributed by atoms with van der Waals surface area (Å²) < 4.78 is 2.21. The first kappa shape index (κ1) is 13.4. The van der Waals surface area contributed by atoms with E-state index in [-0.39, 0.29) is 0 Å². The van der Waals surface area contributed by atoms with E-state index in [1.807, 2.05) is 24.9 Å². The molecule has 5 heteroatoms. The maximum Gasteiger partial charge on any atom is 0.0945 e. The van der Waals surface area contributed by atoms with Crippen molar-refractivity contribution in [3.8, 4) is 0 Å². The van der Waals surface area contributed by atoms with Crippen molar-refractivity contribution in [3.63, 3.8) is 0 Å². The quantitative estimate of drug-likeness (QED) is 0.875. The number of imidazole rings is 1. The van der Waals surface area contributed by atoms with Gasteiger partial charge in [0.1, 0.15) is 0 Å². The topological polar surface area (TPSA) is 49.7 Å². The summed E-state index contributed by atoms with van der Waals surface area (Å²) in [6, 6.07) is 0. The summed E-state index contributed by atoms with van der Waals surface area (Å²) >= 11 is 0. The van der Waals surface area contributed by atoms with Gasteiger partial charge in [-0.15, -0.1) is 0 Å². The third-order valence-corrected chi connectivity index (χ3v) is 4.23. The molecular weight excluding hydrogens is 250 g/mol. The van der Waals surface area contributed by atoms with Crippen LogP contribution in [0.1, 0.15) is 24.8 Å². The Hall–Kier alpha value is -1.62. The van der Waals surface area contributed by atoms with Gasteiger partial charge in [-0.25, -0.2) is 4.98 Å². The minimum atomic E-state index is 0.814. The summed E-state index contributed by atoms with van der Waals surface area (Å²) in [6.07, 6.45) is 14.8. The Morgan fingerprint density at radius 3 is 2.90 bits per heavy atom. The van der Waals surface area contributed by atoms with Crippen molar-refractivity contribution in [2.75, 3.05) is 19.6 Å².